The number of allylic oxidation sites excluding steroid dienone is 4. The highest BCUT2D eigenvalue weighted by Gasteiger charge is 1.85. The van der Waals surface area contributed by atoms with Crippen molar-refractivity contribution in [3.63, 3.8) is 0 Å². The molecule has 0 saturated heterocycles. The lowest BCUT2D eigenvalue weighted by Crippen LogP contribution is -1.71. The van der Waals surface area contributed by atoms with Crippen molar-refractivity contribution in [2.24, 2.45) is 0 Å². The summed E-state index contributed by atoms with van der Waals surface area (Å²) < 4.78 is 0. The van der Waals surface area contributed by atoms with Crippen LogP contribution in [0.25, 0.3) is 0 Å². The third-order valence-corrected chi connectivity index (χ3v) is 0.918. The molecule has 0 radical (unpaired) electrons. The van der Waals surface area contributed by atoms with E-state index in [0.29, 0.717) is 5.57 Å². The second kappa shape index (κ2) is 5.74. The molecule has 0 atom stereocenters. The van der Waals surface area contributed by atoms with Gasteiger partial charge in [-0.15, -0.1) is 5.73 Å². The second-order valence-corrected chi connectivity index (χ2v) is 2.14. The molecule has 0 heterocycles. The van der Waals surface area contributed by atoms with Crippen LogP contribution in [0.15, 0.2) is 41.7 Å². The van der Waals surface area contributed by atoms with Crippen molar-refractivity contribution in [2.45, 2.75) is 6.92 Å². The first-order valence-corrected chi connectivity index (χ1v) is 3.28. The molecular weight excluding hydrogens is 148 g/mol. The van der Waals surface area contributed by atoms with Gasteiger partial charge in [0.25, 0.3) is 0 Å². The minimum absolute atomic E-state index is 0.439. The molecule has 0 bridgehead atoms. The third-order valence-electron chi connectivity index (χ3n) is 0.918. The molecule has 0 aliphatic carbocycles. The first-order valence-electron chi connectivity index (χ1n) is 3.28. The minimum atomic E-state index is 0.439. The molecule has 0 spiro atoms. The fourth-order valence-corrected chi connectivity index (χ4v) is 0.540. The van der Waals surface area contributed by atoms with Gasteiger partial charge in [-0.2, -0.15) is 10.5 Å². The molecule has 58 valence electrons. The van der Waals surface area contributed by atoms with Crippen LogP contribution >= 0.6 is 0 Å². The van der Waals surface area contributed by atoms with Gasteiger partial charge in [0.15, 0.2) is 0 Å². The summed E-state index contributed by atoms with van der Waals surface area (Å²) in [7, 11) is 0. The monoisotopic (exact) mass is 156 g/mol. The maximum atomic E-state index is 8.55. The van der Waals surface area contributed by atoms with Crippen LogP contribution in [-0.2, 0) is 0 Å². The number of hydrogen-bond donors (Lipinski definition) is 0. The van der Waals surface area contributed by atoms with E-state index in [4.69, 9.17) is 10.5 Å². The molecule has 0 saturated carbocycles. The predicted octanol–water partition coefficient (Wildman–Crippen LogP) is 2.25. The summed E-state index contributed by atoms with van der Waals surface area (Å²) in [4.78, 5) is 0. The van der Waals surface area contributed by atoms with E-state index in [9.17, 15) is 0 Å². The Bertz CT molecular complexity index is 339. The Hall–Kier alpha value is -2.02. The van der Waals surface area contributed by atoms with E-state index in [1.54, 1.807) is 19.1 Å². The third kappa shape index (κ3) is 4.82. The first kappa shape index (κ1) is 9.98. The van der Waals surface area contributed by atoms with Crippen LogP contribution in [-0.4, -0.2) is 0 Å². The van der Waals surface area contributed by atoms with Gasteiger partial charge in [0, 0.05) is 0 Å². The van der Waals surface area contributed by atoms with Crippen LogP contribution in [0.1, 0.15) is 6.92 Å². The molecule has 0 aliphatic rings. The number of nitriles is 2. The summed E-state index contributed by atoms with van der Waals surface area (Å²) in [6, 6.07) is 3.72. The van der Waals surface area contributed by atoms with Crippen LogP contribution in [0.3, 0.4) is 0 Å². The summed E-state index contributed by atoms with van der Waals surface area (Å²) in [5, 5.41) is 16.7. The maximum absolute atomic E-state index is 8.55. The molecule has 2 heteroatoms. The van der Waals surface area contributed by atoms with E-state index in [2.05, 4.69) is 12.3 Å². The van der Waals surface area contributed by atoms with E-state index in [1.807, 2.05) is 6.07 Å². The van der Waals surface area contributed by atoms with E-state index in [-0.39, 0.29) is 0 Å². The fourth-order valence-electron chi connectivity index (χ4n) is 0.540. The Morgan fingerprint density at radius 1 is 1.42 bits per heavy atom. The highest BCUT2D eigenvalue weighted by Crippen LogP contribution is 1.99. The Labute approximate surface area is 72.1 Å². The van der Waals surface area contributed by atoms with Crippen molar-refractivity contribution in [3.8, 4) is 12.1 Å². The minimum Gasteiger partial charge on any atom is -0.192 e. The first-order chi connectivity index (χ1) is 5.70. The molecule has 0 N–H and O–H groups in total. The second-order valence-electron chi connectivity index (χ2n) is 2.14. The average molecular weight is 156 g/mol. The van der Waals surface area contributed by atoms with Crippen molar-refractivity contribution >= 4 is 0 Å². The molecule has 0 fully saturated rings. The summed E-state index contributed by atoms with van der Waals surface area (Å²) in [5.41, 5.74) is 3.78. The lowest BCUT2D eigenvalue weighted by molar-refractivity contribution is 1.47. The SMILES string of the molecule is C=C(C)C=C(C#N)C=C=CC#N. The Morgan fingerprint density at radius 2 is 2.08 bits per heavy atom. The van der Waals surface area contributed by atoms with Crippen LogP contribution < -0.4 is 0 Å². The Balaban J connectivity index is 4.66. The average Bonchev–Trinajstić information content (AvgIpc) is 2.02. The van der Waals surface area contributed by atoms with Gasteiger partial charge in [-0.05, 0) is 19.1 Å². The van der Waals surface area contributed by atoms with Gasteiger partial charge >= 0.3 is 0 Å². The van der Waals surface area contributed by atoms with Crippen molar-refractivity contribution in [2.75, 3.05) is 0 Å². The van der Waals surface area contributed by atoms with E-state index < -0.39 is 0 Å². The lowest BCUT2D eigenvalue weighted by Gasteiger charge is -1.85. The van der Waals surface area contributed by atoms with Crippen LogP contribution in [0.2, 0.25) is 0 Å². The van der Waals surface area contributed by atoms with Gasteiger partial charge in [0.2, 0.25) is 0 Å². The number of rotatable bonds is 2. The van der Waals surface area contributed by atoms with Crippen LogP contribution in [0.5, 0.6) is 0 Å². The van der Waals surface area contributed by atoms with Crippen molar-refractivity contribution in [3.05, 3.63) is 41.7 Å². The van der Waals surface area contributed by atoms with E-state index in [0.717, 1.165) is 5.57 Å². The molecule has 0 aromatic rings. The molecule has 12 heavy (non-hydrogen) atoms. The summed E-state index contributed by atoms with van der Waals surface area (Å²) in [6.07, 6.45) is 4.25. The van der Waals surface area contributed by atoms with Gasteiger partial charge in [-0.25, -0.2) is 0 Å². The molecule has 0 aliphatic heterocycles. The fraction of sp³-hybridized carbons (Fsp3) is 0.100. The number of hydrogen-bond acceptors (Lipinski definition) is 2. The smallest absolute Gasteiger partial charge is 0.0998 e. The van der Waals surface area contributed by atoms with Gasteiger partial charge in [0.1, 0.15) is 0 Å². The molecule has 0 aromatic heterocycles. The zero-order valence-corrected chi connectivity index (χ0v) is 6.83. The Kier molecular flexibility index (Phi) is 4.77. The molecule has 2 nitrogen and oxygen atoms in total. The quantitative estimate of drug-likeness (QED) is 0.349. The van der Waals surface area contributed by atoms with E-state index in [1.165, 1.54) is 12.2 Å². The number of nitrogens with zero attached hydrogens (tertiary/aromatic N) is 2. The van der Waals surface area contributed by atoms with Gasteiger partial charge < -0.3 is 0 Å². The van der Waals surface area contributed by atoms with Crippen molar-refractivity contribution in [1.29, 1.82) is 10.5 Å². The maximum Gasteiger partial charge on any atom is 0.0998 e. The molecule has 0 aromatic carbocycles. The standard InChI is InChI=1S/C10H8N2/c1-9(2)7-10(8-12)5-3-4-6-11/h4-5,7H,1H2,2H3. The van der Waals surface area contributed by atoms with Crippen molar-refractivity contribution in [1.82, 2.24) is 0 Å². The molecule has 0 unspecified atom stereocenters. The van der Waals surface area contributed by atoms with Gasteiger partial charge in [-0.1, -0.05) is 12.2 Å². The molecular formula is C10H8N2. The lowest BCUT2D eigenvalue weighted by atomic mass is 10.2. The molecule has 0 amide bonds. The summed E-state index contributed by atoms with van der Waals surface area (Å²) in [6.45, 7) is 5.41. The van der Waals surface area contributed by atoms with Crippen LogP contribution in [0.4, 0.5) is 0 Å². The summed E-state index contributed by atoms with van der Waals surface area (Å²) in [5.74, 6) is 0. The highest BCUT2D eigenvalue weighted by molar-refractivity contribution is 5.38. The van der Waals surface area contributed by atoms with Gasteiger partial charge in [0.05, 0.1) is 23.8 Å². The highest BCUT2D eigenvalue weighted by atomic mass is 14.2. The zero-order chi connectivity index (χ0) is 9.40. The largest absolute Gasteiger partial charge is 0.192 e. The van der Waals surface area contributed by atoms with Crippen LogP contribution in [0, 0.1) is 22.7 Å². The summed E-state index contributed by atoms with van der Waals surface area (Å²) >= 11 is 0. The predicted molar refractivity (Wildman–Crippen MR) is 46.8 cm³/mol. The van der Waals surface area contributed by atoms with Gasteiger partial charge in [-0.3, -0.25) is 0 Å². The normalized spacial score (nSPS) is 8.75. The molecule has 0 rings (SSSR count). The van der Waals surface area contributed by atoms with Crippen molar-refractivity contribution < 1.29 is 0 Å². The Morgan fingerprint density at radius 3 is 2.50 bits per heavy atom. The van der Waals surface area contributed by atoms with E-state index >= 15 is 0 Å². The zero-order valence-electron chi connectivity index (χ0n) is 6.83. The topological polar surface area (TPSA) is 47.6 Å².